The van der Waals surface area contributed by atoms with Gasteiger partial charge in [-0.3, -0.25) is 4.79 Å². The Bertz CT molecular complexity index is 1100. The Morgan fingerprint density at radius 3 is 2.64 bits per heavy atom. The molecule has 1 atom stereocenters. The summed E-state index contributed by atoms with van der Waals surface area (Å²) in [5, 5.41) is 16.9. The quantitative estimate of drug-likeness (QED) is 0.418. The van der Waals surface area contributed by atoms with E-state index in [1.54, 1.807) is 6.92 Å². The molecule has 1 aliphatic rings. The lowest BCUT2D eigenvalue weighted by atomic mass is 9.82. The third-order valence-corrected chi connectivity index (χ3v) is 6.87. The molecule has 0 saturated carbocycles. The predicted octanol–water partition coefficient (Wildman–Crippen LogP) is 4.71. The number of nitrogens with one attached hydrogen (secondary N) is 2. The second-order valence-corrected chi connectivity index (χ2v) is 10.4. The van der Waals surface area contributed by atoms with Crippen molar-refractivity contribution in [2.45, 2.75) is 71.8 Å². The molecule has 1 aromatic heterocycles. The number of benzene rings is 1. The second kappa shape index (κ2) is 12.4. The van der Waals surface area contributed by atoms with Gasteiger partial charge in [-0.15, -0.1) is 0 Å². The molecule has 3 N–H and O–H groups in total. The van der Waals surface area contributed by atoms with Crippen LogP contribution in [0.4, 0.5) is 5.69 Å². The first-order valence-corrected chi connectivity index (χ1v) is 13.0. The van der Waals surface area contributed by atoms with Crippen molar-refractivity contribution in [2.75, 3.05) is 19.6 Å². The average Bonchev–Trinajstić information content (AvgIpc) is 2.86. The zero-order valence-corrected chi connectivity index (χ0v) is 22.4. The number of carbonyl (C=O) groups excluding carboxylic acids is 1. The number of aliphatic imine (C=N–C) groups is 1. The van der Waals surface area contributed by atoms with Crippen molar-refractivity contribution < 1.29 is 9.90 Å². The van der Waals surface area contributed by atoms with E-state index in [2.05, 4.69) is 45.2 Å². The summed E-state index contributed by atoms with van der Waals surface area (Å²) in [6, 6.07) is 8.13. The molecule has 1 aromatic carbocycles. The van der Waals surface area contributed by atoms with Crippen molar-refractivity contribution in [1.29, 1.82) is 0 Å². The molecule has 0 bridgehead atoms. The summed E-state index contributed by atoms with van der Waals surface area (Å²) in [5.74, 6) is 0.479. The van der Waals surface area contributed by atoms with Crippen molar-refractivity contribution in [3.8, 4) is 0 Å². The molecule has 1 saturated heterocycles. The van der Waals surface area contributed by atoms with E-state index in [1.165, 1.54) is 6.33 Å². The first kappa shape index (κ1) is 27.7. The zero-order chi connectivity index (χ0) is 26.3. The Balaban J connectivity index is 1.89. The van der Waals surface area contributed by atoms with E-state index in [9.17, 15) is 9.90 Å². The number of amides is 1. The van der Waals surface area contributed by atoms with Crippen molar-refractivity contribution in [3.63, 3.8) is 0 Å². The molecule has 1 unspecified atom stereocenters. The van der Waals surface area contributed by atoms with Crippen molar-refractivity contribution in [3.05, 3.63) is 59.7 Å². The van der Waals surface area contributed by atoms with Crippen LogP contribution in [0.5, 0.6) is 0 Å². The van der Waals surface area contributed by atoms with E-state index in [1.807, 2.05) is 39.0 Å². The van der Waals surface area contributed by atoms with Crippen molar-refractivity contribution in [1.82, 2.24) is 20.6 Å². The molecule has 0 radical (unpaired) electrons. The molecule has 7 nitrogen and oxygen atoms in total. The number of aliphatic hydroxyl groups is 1. The van der Waals surface area contributed by atoms with Crippen LogP contribution >= 0.6 is 0 Å². The number of piperidine rings is 1. The molecule has 36 heavy (non-hydrogen) atoms. The van der Waals surface area contributed by atoms with Crippen LogP contribution in [-0.2, 0) is 4.79 Å². The van der Waals surface area contributed by atoms with Crippen LogP contribution in [0.1, 0.15) is 81.8 Å². The van der Waals surface area contributed by atoms with Crippen LogP contribution < -0.4 is 10.6 Å². The van der Waals surface area contributed by atoms with Crippen LogP contribution in [0, 0.1) is 12.8 Å². The number of aryl methyl sites for hydroxylation is 1. The van der Waals surface area contributed by atoms with Gasteiger partial charge in [0.2, 0.25) is 0 Å². The van der Waals surface area contributed by atoms with Crippen LogP contribution in [0.3, 0.4) is 0 Å². The minimum absolute atomic E-state index is 0.162. The third kappa shape index (κ3) is 7.31. The largest absolute Gasteiger partial charge is 0.390 e. The van der Waals surface area contributed by atoms with Gasteiger partial charge in [0.15, 0.2) is 0 Å². The minimum Gasteiger partial charge on any atom is -0.390 e. The molecule has 2 heterocycles. The highest BCUT2D eigenvalue weighted by Crippen LogP contribution is 2.37. The normalized spacial score (nSPS) is 16.0. The molecule has 1 aliphatic heterocycles. The fourth-order valence-corrected chi connectivity index (χ4v) is 4.82. The summed E-state index contributed by atoms with van der Waals surface area (Å²) in [5.41, 5.74) is 4.26. The highest BCUT2D eigenvalue weighted by Gasteiger charge is 2.24. The van der Waals surface area contributed by atoms with Crippen LogP contribution in [-0.4, -0.2) is 51.9 Å². The van der Waals surface area contributed by atoms with E-state index in [0.717, 1.165) is 49.1 Å². The minimum atomic E-state index is -0.783. The van der Waals surface area contributed by atoms with Crippen molar-refractivity contribution in [2.24, 2.45) is 10.9 Å². The molecule has 0 spiro atoms. The van der Waals surface area contributed by atoms with E-state index in [-0.39, 0.29) is 11.8 Å². The average molecular weight is 492 g/mol. The first-order chi connectivity index (χ1) is 17.1. The molecule has 1 amide bonds. The predicted molar refractivity (Wildman–Crippen MR) is 147 cm³/mol. The molecule has 1 fully saturated rings. The third-order valence-electron chi connectivity index (χ3n) is 6.87. The monoisotopic (exact) mass is 491 g/mol. The smallest absolute Gasteiger partial charge is 0.265 e. The van der Waals surface area contributed by atoms with E-state index >= 15 is 0 Å². The molecule has 7 heteroatoms. The zero-order valence-electron chi connectivity index (χ0n) is 22.4. The molecular formula is C29H41N5O2. The van der Waals surface area contributed by atoms with Crippen molar-refractivity contribution >= 4 is 22.9 Å². The van der Waals surface area contributed by atoms with Gasteiger partial charge in [0.25, 0.3) is 5.91 Å². The first-order valence-electron chi connectivity index (χ1n) is 13.0. The maximum atomic E-state index is 12.8. The molecule has 0 aliphatic carbocycles. The summed E-state index contributed by atoms with van der Waals surface area (Å²) < 4.78 is 0. The fraction of sp³-hybridized carbons (Fsp3) is 0.517. The number of hydrogen-bond acceptors (Lipinski definition) is 6. The van der Waals surface area contributed by atoms with Gasteiger partial charge < -0.3 is 15.7 Å². The topological polar surface area (TPSA) is 99.5 Å². The van der Waals surface area contributed by atoms with Gasteiger partial charge in [0, 0.05) is 12.1 Å². The van der Waals surface area contributed by atoms with Crippen LogP contribution in [0.2, 0.25) is 0 Å². The maximum Gasteiger partial charge on any atom is 0.265 e. The Kier molecular flexibility index (Phi) is 9.51. The number of carbonyl (C=O) groups is 1. The van der Waals surface area contributed by atoms with Gasteiger partial charge in [-0.25, -0.2) is 15.0 Å². The maximum absolute atomic E-state index is 12.8. The Morgan fingerprint density at radius 2 is 1.97 bits per heavy atom. The lowest BCUT2D eigenvalue weighted by Crippen LogP contribution is -2.38. The van der Waals surface area contributed by atoms with Gasteiger partial charge in [0.05, 0.1) is 17.0 Å². The summed E-state index contributed by atoms with van der Waals surface area (Å²) in [6.07, 6.45) is 5.17. The summed E-state index contributed by atoms with van der Waals surface area (Å²) in [4.78, 5) is 26.4. The van der Waals surface area contributed by atoms with E-state index < -0.39 is 5.60 Å². The van der Waals surface area contributed by atoms with Crippen LogP contribution in [0.25, 0.3) is 5.57 Å². The second-order valence-electron chi connectivity index (χ2n) is 10.4. The fourth-order valence-electron chi connectivity index (χ4n) is 4.82. The highest BCUT2D eigenvalue weighted by molar-refractivity contribution is 6.38. The lowest BCUT2D eigenvalue weighted by molar-refractivity contribution is -0.115. The van der Waals surface area contributed by atoms with Crippen LogP contribution in [0.15, 0.2) is 42.2 Å². The molecular weight excluding hydrogens is 450 g/mol. The lowest BCUT2D eigenvalue weighted by Gasteiger charge is -2.26. The SMILES string of the molecule is C=C(c1ccccc1C(CC)CC(C)(C)O)c1ncnc(C)c1N=C(C)C(=O)NCC1CCNCC1. The van der Waals surface area contributed by atoms with Gasteiger partial charge in [-0.1, -0.05) is 37.8 Å². The summed E-state index contributed by atoms with van der Waals surface area (Å²) >= 11 is 0. The van der Waals surface area contributed by atoms with E-state index in [0.29, 0.717) is 41.7 Å². The summed E-state index contributed by atoms with van der Waals surface area (Å²) in [6.45, 7) is 16.4. The van der Waals surface area contributed by atoms with Gasteiger partial charge in [-0.2, -0.15) is 0 Å². The molecule has 3 rings (SSSR count). The Morgan fingerprint density at radius 1 is 1.28 bits per heavy atom. The number of aromatic nitrogens is 2. The molecule has 194 valence electrons. The van der Waals surface area contributed by atoms with Gasteiger partial charge in [-0.05, 0) is 89.4 Å². The molecule has 2 aromatic rings. The van der Waals surface area contributed by atoms with E-state index in [4.69, 9.17) is 0 Å². The Hall–Kier alpha value is -2.90. The number of nitrogens with zero attached hydrogens (tertiary/aromatic N) is 3. The standard InChI is InChI=1S/C29H41N5O2/c1-7-23(16-29(5,6)36)25-11-9-8-10-24(25)19(2)26-27(20(3)32-18-33-26)34-21(4)28(35)31-17-22-12-14-30-15-13-22/h8-11,18,22-23,30,36H,2,7,12-17H2,1,3-6H3,(H,31,35). The Labute approximate surface area is 215 Å². The van der Waals surface area contributed by atoms with Gasteiger partial charge in [0.1, 0.15) is 17.7 Å². The van der Waals surface area contributed by atoms with Gasteiger partial charge >= 0.3 is 0 Å². The number of rotatable bonds is 10. The number of hydrogen-bond donors (Lipinski definition) is 3. The summed E-state index contributed by atoms with van der Waals surface area (Å²) in [7, 11) is 0. The highest BCUT2D eigenvalue weighted by atomic mass is 16.3.